The fourth-order valence-corrected chi connectivity index (χ4v) is 3.43. The summed E-state index contributed by atoms with van der Waals surface area (Å²) in [6, 6.07) is 18.4. The first-order chi connectivity index (χ1) is 13.1. The van der Waals surface area contributed by atoms with Crippen LogP contribution in [0.1, 0.15) is 45.9 Å². The highest BCUT2D eigenvalue weighted by atomic mass is 16.1. The average molecular weight is 360 g/mol. The molecule has 2 N–H and O–H groups in total. The van der Waals surface area contributed by atoms with Crippen LogP contribution >= 0.6 is 0 Å². The van der Waals surface area contributed by atoms with Crippen LogP contribution in [0.4, 0.5) is 0 Å². The Morgan fingerprint density at radius 3 is 2.48 bits per heavy atom. The number of pyridine rings is 1. The molecular formula is C23H26N3O+. The maximum absolute atomic E-state index is 12.9. The van der Waals surface area contributed by atoms with Gasteiger partial charge in [-0.05, 0) is 30.5 Å². The van der Waals surface area contributed by atoms with Crippen molar-refractivity contribution in [1.29, 1.82) is 0 Å². The normalized spacial score (nSPS) is 13.9. The Kier molecular flexibility index (Phi) is 4.90. The molecule has 0 aliphatic heterocycles. The van der Waals surface area contributed by atoms with Gasteiger partial charge in [-0.1, -0.05) is 42.5 Å². The summed E-state index contributed by atoms with van der Waals surface area (Å²) in [4.78, 5) is 19.0. The van der Waals surface area contributed by atoms with Crippen LogP contribution in [0.25, 0.3) is 10.9 Å². The van der Waals surface area contributed by atoms with E-state index in [1.165, 1.54) is 23.3 Å². The first-order valence-electron chi connectivity index (χ1n) is 9.65. The van der Waals surface area contributed by atoms with E-state index in [1.54, 1.807) is 0 Å². The maximum atomic E-state index is 12.9. The van der Waals surface area contributed by atoms with Gasteiger partial charge < -0.3 is 10.2 Å². The van der Waals surface area contributed by atoms with Crippen LogP contribution in [0.15, 0.2) is 54.6 Å². The van der Waals surface area contributed by atoms with E-state index in [4.69, 9.17) is 4.98 Å². The van der Waals surface area contributed by atoms with Crippen molar-refractivity contribution < 1.29 is 9.69 Å². The molecule has 4 heteroatoms. The summed E-state index contributed by atoms with van der Waals surface area (Å²) >= 11 is 0. The van der Waals surface area contributed by atoms with E-state index in [0.717, 1.165) is 34.3 Å². The number of carbonyl (C=O) groups is 1. The topological polar surface area (TPSA) is 46.4 Å². The van der Waals surface area contributed by atoms with Crippen LogP contribution in [0, 0.1) is 0 Å². The molecule has 1 fully saturated rings. The highest BCUT2D eigenvalue weighted by molar-refractivity contribution is 6.06. The monoisotopic (exact) mass is 360 g/mol. The Balaban J connectivity index is 1.51. The van der Waals surface area contributed by atoms with E-state index in [1.807, 2.05) is 30.3 Å². The molecule has 1 aliphatic rings. The number of rotatable bonds is 6. The number of nitrogens with one attached hydrogen (secondary N) is 2. The second-order valence-corrected chi connectivity index (χ2v) is 7.77. The zero-order chi connectivity index (χ0) is 18.8. The number of para-hydroxylation sites is 1. The number of carbonyl (C=O) groups excluding carboxylic acids is 1. The molecule has 3 aromatic rings. The lowest BCUT2D eigenvalue weighted by molar-refractivity contribution is -0.872. The van der Waals surface area contributed by atoms with Crippen LogP contribution in [-0.2, 0) is 13.1 Å². The van der Waals surface area contributed by atoms with E-state index in [-0.39, 0.29) is 5.91 Å². The summed E-state index contributed by atoms with van der Waals surface area (Å²) in [7, 11) is 4.28. The van der Waals surface area contributed by atoms with Crippen LogP contribution in [-0.4, -0.2) is 25.0 Å². The van der Waals surface area contributed by atoms with Gasteiger partial charge in [-0.15, -0.1) is 0 Å². The third-order valence-corrected chi connectivity index (χ3v) is 5.01. The summed E-state index contributed by atoms with van der Waals surface area (Å²) < 4.78 is 0. The van der Waals surface area contributed by atoms with E-state index in [9.17, 15) is 4.79 Å². The molecule has 4 nitrogen and oxygen atoms in total. The Hall–Kier alpha value is -2.72. The molecule has 2 aromatic carbocycles. The number of amides is 1. The number of aromatic nitrogens is 1. The SMILES string of the molecule is C[NH+](C)Cc1ccc(CNC(=O)c2cc(C3CC3)nc3ccccc23)cc1. The minimum absolute atomic E-state index is 0.0303. The maximum Gasteiger partial charge on any atom is 0.252 e. The summed E-state index contributed by atoms with van der Waals surface area (Å²) in [6.45, 7) is 1.53. The van der Waals surface area contributed by atoms with Gasteiger partial charge in [-0.25, -0.2) is 0 Å². The lowest BCUT2D eigenvalue weighted by Crippen LogP contribution is -3.04. The number of fused-ring (bicyclic) bond motifs is 1. The van der Waals surface area contributed by atoms with E-state index in [2.05, 4.69) is 43.7 Å². The van der Waals surface area contributed by atoms with Crippen LogP contribution in [0.3, 0.4) is 0 Å². The van der Waals surface area contributed by atoms with Crippen LogP contribution in [0.2, 0.25) is 0 Å². The minimum atomic E-state index is -0.0303. The Morgan fingerprint density at radius 1 is 1.07 bits per heavy atom. The molecule has 1 heterocycles. The predicted octanol–water partition coefficient (Wildman–Crippen LogP) is 2.69. The first kappa shape index (κ1) is 17.7. The molecule has 27 heavy (non-hydrogen) atoms. The summed E-state index contributed by atoms with van der Waals surface area (Å²) in [5, 5.41) is 4.00. The molecule has 0 radical (unpaired) electrons. The van der Waals surface area contributed by atoms with Gasteiger partial charge in [0.05, 0.1) is 25.2 Å². The minimum Gasteiger partial charge on any atom is -0.348 e. The fraction of sp³-hybridized carbons (Fsp3) is 0.304. The third-order valence-electron chi connectivity index (χ3n) is 5.01. The van der Waals surface area contributed by atoms with E-state index in [0.29, 0.717) is 12.5 Å². The number of quaternary nitrogens is 1. The molecule has 0 bridgehead atoms. The number of benzene rings is 2. The lowest BCUT2D eigenvalue weighted by atomic mass is 10.0. The van der Waals surface area contributed by atoms with Gasteiger partial charge >= 0.3 is 0 Å². The first-order valence-corrected chi connectivity index (χ1v) is 9.65. The van der Waals surface area contributed by atoms with Crippen molar-refractivity contribution in [3.8, 4) is 0 Å². The van der Waals surface area contributed by atoms with Gasteiger partial charge in [0.1, 0.15) is 6.54 Å². The molecule has 0 spiro atoms. The molecular weight excluding hydrogens is 334 g/mol. The summed E-state index contributed by atoms with van der Waals surface area (Å²) in [5.74, 6) is 0.491. The zero-order valence-corrected chi connectivity index (χ0v) is 16.0. The second kappa shape index (κ2) is 7.49. The highest BCUT2D eigenvalue weighted by Crippen LogP contribution is 2.40. The molecule has 0 atom stereocenters. The molecule has 1 amide bonds. The number of nitrogens with zero attached hydrogens (tertiary/aromatic N) is 1. The van der Waals surface area contributed by atoms with Gasteiger partial charge in [-0.2, -0.15) is 0 Å². The lowest BCUT2D eigenvalue weighted by Gasteiger charge is -2.11. The van der Waals surface area contributed by atoms with Crippen molar-refractivity contribution in [3.63, 3.8) is 0 Å². The third kappa shape index (κ3) is 4.17. The van der Waals surface area contributed by atoms with Gasteiger partial charge in [0.2, 0.25) is 0 Å². The fourth-order valence-electron chi connectivity index (χ4n) is 3.43. The predicted molar refractivity (Wildman–Crippen MR) is 108 cm³/mol. The molecule has 4 rings (SSSR count). The highest BCUT2D eigenvalue weighted by Gasteiger charge is 2.26. The average Bonchev–Trinajstić information content (AvgIpc) is 3.51. The van der Waals surface area contributed by atoms with E-state index < -0.39 is 0 Å². The van der Waals surface area contributed by atoms with Gasteiger partial charge in [0, 0.05) is 29.1 Å². The Bertz CT molecular complexity index is 959. The van der Waals surface area contributed by atoms with Gasteiger partial charge in [-0.3, -0.25) is 9.78 Å². The standard InChI is InChI=1S/C23H25N3O/c1-26(2)15-17-9-7-16(8-10-17)14-24-23(27)20-13-22(18-11-12-18)25-21-6-4-3-5-19(20)21/h3-10,13,18H,11-12,14-15H2,1-2H3,(H,24,27)/p+1. The number of hydrogen-bond acceptors (Lipinski definition) is 2. The van der Waals surface area contributed by atoms with E-state index >= 15 is 0 Å². The quantitative estimate of drug-likeness (QED) is 0.710. The molecule has 1 aromatic heterocycles. The summed E-state index contributed by atoms with van der Waals surface area (Å²) in [5.41, 5.74) is 5.10. The number of hydrogen-bond donors (Lipinski definition) is 2. The smallest absolute Gasteiger partial charge is 0.252 e. The molecule has 0 saturated heterocycles. The molecule has 0 unspecified atom stereocenters. The van der Waals surface area contributed by atoms with Crippen molar-refractivity contribution in [2.45, 2.75) is 31.8 Å². The molecule has 1 saturated carbocycles. The molecule has 138 valence electrons. The van der Waals surface area contributed by atoms with Crippen molar-refractivity contribution in [2.24, 2.45) is 0 Å². The largest absolute Gasteiger partial charge is 0.348 e. The Labute approximate surface area is 160 Å². The second-order valence-electron chi connectivity index (χ2n) is 7.77. The Morgan fingerprint density at radius 2 is 1.78 bits per heavy atom. The zero-order valence-electron chi connectivity index (χ0n) is 16.0. The van der Waals surface area contributed by atoms with Gasteiger partial charge in [0.25, 0.3) is 5.91 Å². The van der Waals surface area contributed by atoms with Crippen molar-refractivity contribution in [3.05, 3.63) is 77.0 Å². The van der Waals surface area contributed by atoms with Gasteiger partial charge in [0.15, 0.2) is 0 Å². The van der Waals surface area contributed by atoms with Crippen molar-refractivity contribution >= 4 is 16.8 Å². The summed E-state index contributed by atoms with van der Waals surface area (Å²) in [6.07, 6.45) is 2.35. The van der Waals surface area contributed by atoms with Crippen LogP contribution < -0.4 is 10.2 Å². The van der Waals surface area contributed by atoms with Crippen LogP contribution in [0.5, 0.6) is 0 Å². The molecule has 1 aliphatic carbocycles. The van der Waals surface area contributed by atoms with Crippen molar-refractivity contribution in [1.82, 2.24) is 10.3 Å². The van der Waals surface area contributed by atoms with Crippen molar-refractivity contribution in [2.75, 3.05) is 14.1 Å².